The van der Waals surface area contributed by atoms with E-state index in [1.807, 2.05) is 0 Å². The van der Waals surface area contributed by atoms with Crippen LogP contribution in [0.2, 0.25) is 5.02 Å². The Morgan fingerprint density at radius 1 is 1.10 bits per heavy atom. The van der Waals surface area contributed by atoms with Crippen molar-refractivity contribution in [1.29, 1.82) is 0 Å². The standard InChI is InChI=1S/C29H22ClF2N5O4/c30-17-4-5-18(33-13-17)15-41-27-3-1-2-23(35-27)20-12-21(31)16(10-22(20)32)11-26-34-24-6-7-25(29(38)39)36-28(24)37(26)14-19-8-9-40-19/h1-7,10,12-13,19H,8-9,11,14-15H2,(H,38,39)/t19-/m0/s1. The minimum absolute atomic E-state index is 0.0227. The van der Waals surface area contributed by atoms with Crippen molar-refractivity contribution < 1.29 is 28.2 Å². The highest BCUT2D eigenvalue weighted by Crippen LogP contribution is 2.28. The van der Waals surface area contributed by atoms with Crippen molar-refractivity contribution in [3.8, 4) is 17.1 Å². The van der Waals surface area contributed by atoms with Crippen molar-refractivity contribution in [2.24, 2.45) is 0 Å². The third-order valence-electron chi connectivity index (χ3n) is 6.71. The zero-order valence-electron chi connectivity index (χ0n) is 21.4. The Morgan fingerprint density at radius 3 is 2.68 bits per heavy atom. The summed E-state index contributed by atoms with van der Waals surface area (Å²) in [5, 5.41) is 9.89. The molecule has 6 rings (SSSR count). The average Bonchev–Trinajstić information content (AvgIpc) is 3.28. The monoisotopic (exact) mass is 577 g/mol. The first-order valence-corrected chi connectivity index (χ1v) is 13.1. The molecule has 1 N–H and O–H groups in total. The zero-order chi connectivity index (χ0) is 28.5. The van der Waals surface area contributed by atoms with Gasteiger partial charge in [0, 0.05) is 30.9 Å². The van der Waals surface area contributed by atoms with Crippen LogP contribution < -0.4 is 4.74 Å². The molecule has 12 heteroatoms. The number of benzene rings is 1. The van der Waals surface area contributed by atoms with Crippen molar-refractivity contribution in [3.05, 3.63) is 100 Å². The molecular weight excluding hydrogens is 556 g/mol. The molecule has 5 heterocycles. The highest BCUT2D eigenvalue weighted by molar-refractivity contribution is 6.30. The van der Waals surface area contributed by atoms with Crippen LogP contribution in [-0.4, -0.2) is 48.3 Å². The lowest BCUT2D eigenvalue weighted by molar-refractivity contribution is -0.0590. The topological polar surface area (TPSA) is 112 Å². The number of pyridine rings is 3. The molecule has 9 nitrogen and oxygen atoms in total. The van der Waals surface area contributed by atoms with Crippen molar-refractivity contribution in [2.45, 2.75) is 32.1 Å². The predicted octanol–water partition coefficient (Wildman–Crippen LogP) is 5.48. The lowest BCUT2D eigenvalue weighted by atomic mass is 10.0. The number of imidazole rings is 1. The van der Waals surface area contributed by atoms with Gasteiger partial charge in [-0.2, -0.15) is 0 Å². The molecule has 0 bridgehead atoms. The summed E-state index contributed by atoms with van der Waals surface area (Å²) in [5.74, 6) is -1.84. The second-order valence-corrected chi connectivity index (χ2v) is 9.92. The first-order chi connectivity index (χ1) is 19.8. The number of fused-ring (bicyclic) bond motifs is 1. The Kier molecular flexibility index (Phi) is 7.29. The molecule has 1 atom stereocenters. The Bertz CT molecular complexity index is 1760. The van der Waals surface area contributed by atoms with Crippen molar-refractivity contribution in [1.82, 2.24) is 24.5 Å². The zero-order valence-corrected chi connectivity index (χ0v) is 22.2. The normalized spacial score (nSPS) is 14.7. The van der Waals surface area contributed by atoms with Gasteiger partial charge in [-0.15, -0.1) is 0 Å². The summed E-state index contributed by atoms with van der Waals surface area (Å²) in [6.45, 7) is 1.12. The maximum atomic E-state index is 15.4. The van der Waals surface area contributed by atoms with Gasteiger partial charge in [-0.05, 0) is 54.4 Å². The van der Waals surface area contributed by atoms with E-state index in [4.69, 9.17) is 21.1 Å². The number of ether oxygens (including phenoxy) is 2. The number of carboxylic acid groups (broad SMARTS) is 1. The fourth-order valence-corrected chi connectivity index (χ4v) is 4.61. The molecule has 4 aromatic heterocycles. The molecule has 0 radical (unpaired) electrons. The van der Waals surface area contributed by atoms with Gasteiger partial charge < -0.3 is 19.1 Å². The number of halogens is 3. The molecule has 0 spiro atoms. The maximum absolute atomic E-state index is 15.4. The van der Waals surface area contributed by atoms with Crippen LogP contribution in [0.15, 0.2) is 60.8 Å². The van der Waals surface area contributed by atoms with E-state index in [1.165, 1.54) is 12.3 Å². The third-order valence-corrected chi connectivity index (χ3v) is 6.93. The first kappa shape index (κ1) is 26.7. The summed E-state index contributed by atoms with van der Waals surface area (Å²) in [5.41, 5.74) is 1.56. The SMILES string of the molecule is O=C(O)c1ccc2nc(Cc3cc(F)c(-c4cccc(OCc5ccc(Cl)cn5)n4)cc3F)n(C[C@@H]3CCO3)c2n1. The molecule has 1 aromatic carbocycles. The van der Waals surface area contributed by atoms with E-state index in [9.17, 15) is 9.90 Å². The molecule has 0 aliphatic carbocycles. The van der Waals surface area contributed by atoms with Crippen LogP contribution in [-0.2, 0) is 24.3 Å². The van der Waals surface area contributed by atoms with Gasteiger partial charge in [0.2, 0.25) is 5.88 Å². The van der Waals surface area contributed by atoms with Gasteiger partial charge in [0.15, 0.2) is 11.3 Å². The van der Waals surface area contributed by atoms with Gasteiger partial charge in [-0.25, -0.2) is 28.5 Å². The number of rotatable bonds is 9. The highest BCUT2D eigenvalue weighted by atomic mass is 35.5. The van der Waals surface area contributed by atoms with Crippen LogP contribution in [0.25, 0.3) is 22.4 Å². The number of aromatic carboxylic acids is 1. The molecule has 1 aliphatic rings. The first-order valence-electron chi connectivity index (χ1n) is 12.7. The molecular formula is C29H22ClF2N5O4. The molecule has 0 unspecified atom stereocenters. The predicted molar refractivity (Wildman–Crippen MR) is 145 cm³/mol. The minimum Gasteiger partial charge on any atom is -0.477 e. The van der Waals surface area contributed by atoms with E-state index in [0.717, 1.165) is 18.6 Å². The number of hydrogen-bond donors (Lipinski definition) is 1. The van der Waals surface area contributed by atoms with E-state index < -0.39 is 17.6 Å². The molecule has 1 fully saturated rings. The lowest BCUT2D eigenvalue weighted by Crippen LogP contribution is -2.32. The minimum atomic E-state index is -1.17. The Labute approximate surface area is 237 Å². The van der Waals surface area contributed by atoms with E-state index in [2.05, 4.69) is 19.9 Å². The van der Waals surface area contributed by atoms with Crippen molar-refractivity contribution in [3.63, 3.8) is 0 Å². The van der Waals surface area contributed by atoms with Gasteiger partial charge in [-0.1, -0.05) is 17.7 Å². The Morgan fingerprint density at radius 2 is 1.95 bits per heavy atom. The van der Waals surface area contributed by atoms with E-state index in [-0.39, 0.29) is 47.5 Å². The molecule has 208 valence electrons. The average molecular weight is 578 g/mol. The molecule has 0 amide bonds. The second-order valence-electron chi connectivity index (χ2n) is 9.48. The maximum Gasteiger partial charge on any atom is 0.354 e. The van der Waals surface area contributed by atoms with Gasteiger partial charge in [-0.3, -0.25) is 4.98 Å². The number of carboxylic acids is 1. The van der Waals surface area contributed by atoms with Crippen LogP contribution in [0.4, 0.5) is 8.78 Å². The second kappa shape index (κ2) is 11.2. The summed E-state index contributed by atoms with van der Waals surface area (Å²) < 4.78 is 43.7. The molecule has 5 aromatic rings. The lowest BCUT2D eigenvalue weighted by Gasteiger charge is -2.27. The van der Waals surface area contributed by atoms with Crippen LogP contribution in [0.1, 0.15) is 34.0 Å². The fraction of sp³-hybridized carbons (Fsp3) is 0.207. The molecule has 1 aliphatic heterocycles. The highest BCUT2D eigenvalue weighted by Gasteiger charge is 2.24. The van der Waals surface area contributed by atoms with Crippen molar-refractivity contribution >= 4 is 28.7 Å². The van der Waals surface area contributed by atoms with E-state index >= 15 is 8.78 Å². The smallest absolute Gasteiger partial charge is 0.354 e. The van der Waals surface area contributed by atoms with Crippen LogP contribution in [0, 0.1) is 11.6 Å². The van der Waals surface area contributed by atoms with Gasteiger partial charge in [0.05, 0.1) is 29.1 Å². The molecule has 1 saturated heterocycles. The fourth-order valence-electron chi connectivity index (χ4n) is 4.50. The Balaban J connectivity index is 1.27. The summed E-state index contributed by atoms with van der Waals surface area (Å²) in [4.78, 5) is 28.8. The number of hydrogen-bond acceptors (Lipinski definition) is 7. The van der Waals surface area contributed by atoms with E-state index in [0.29, 0.717) is 40.9 Å². The molecule has 0 saturated carbocycles. The number of aromatic nitrogens is 5. The summed E-state index contributed by atoms with van der Waals surface area (Å²) >= 11 is 5.86. The van der Waals surface area contributed by atoms with E-state index in [1.54, 1.807) is 41.0 Å². The van der Waals surface area contributed by atoms with Crippen molar-refractivity contribution in [2.75, 3.05) is 6.61 Å². The summed E-state index contributed by atoms with van der Waals surface area (Å²) in [6.07, 6.45) is 2.19. The number of carbonyl (C=O) groups is 1. The van der Waals surface area contributed by atoms with Gasteiger partial charge in [0.25, 0.3) is 0 Å². The summed E-state index contributed by atoms with van der Waals surface area (Å²) in [7, 11) is 0. The largest absolute Gasteiger partial charge is 0.477 e. The quantitative estimate of drug-likeness (QED) is 0.245. The number of nitrogens with zero attached hydrogens (tertiary/aromatic N) is 5. The van der Waals surface area contributed by atoms with Crippen LogP contribution in [0.5, 0.6) is 5.88 Å². The Hall–Kier alpha value is -4.48. The van der Waals surface area contributed by atoms with Crippen LogP contribution in [0.3, 0.4) is 0 Å². The summed E-state index contributed by atoms with van der Waals surface area (Å²) in [6, 6.07) is 13.4. The van der Waals surface area contributed by atoms with Crippen LogP contribution >= 0.6 is 11.6 Å². The van der Waals surface area contributed by atoms with Gasteiger partial charge in [0.1, 0.15) is 29.6 Å². The molecule has 41 heavy (non-hydrogen) atoms. The van der Waals surface area contributed by atoms with Gasteiger partial charge >= 0.3 is 5.97 Å². The third kappa shape index (κ3) is 5.72.